The molecule has 7 nitrogen and oxygen atoms in total. The molecular formula is C20H26N4O3. The summed E-state index contributed by atoms with van der Waals surface area (Å²) in [5, 5.41) is 10.6. The fourth-order valence-corrected chi connectivity index (χ4v) is 3.56. The number of carbonyl (C=O) groups excluding carboxylic acids is 1. The number of nitrogens with one attached hydrogen (secondary N) is 2. The van der Waals surface area contributed by atoms with Gasteiger partial charge in [-0.05, 0) is 44.1 Å². The number of aryl methyl sites for hydroxylation is 1. The molecule has 1 saturated carbocycles. The molecule has 7 heteroatoms. The van der Waals surface area contributed by atoms with Gasteiger partial charge < -0.3 is 14.6 Å². The summed E-state index contributed by atoms with van der Waals surface area (Å²) in [7, 11) is 0. The summed E-state index contributed by atoms with van der Waals surface area (Å²) in [5.74, 6) is 1.41. The fraction of sp³-hybridized carbons (Fsp3) is 0.550. The average molecular weight is 370 g/mol. The third-order valence-corrected chi connectivity index (χ3v) is 5.21. The first kappa shape index (κ1) is 18.1. The Bertz CT molecular complexity index is 754. The third-order valence-electron chi connectivity index (χ3n) is 5.21. The predicted molar refractivity (Wildman–Crippen MR) is 98.8 cm³/mol. The van der Waals surface area contributed by atoms with Crippen LogP contribution in [-0.4, -0.2) is 35.3 Å². The number of benzene rings is 1. The summed E-state index contributed by atoms with van der Waals surface area (Å²) in [6.07, 6.45) is 3.90. The van der Waals surface area contributed by atoms with E-state index in [1.165, 1.54) is 0 Å². The molecule has 1 amide bonds. The zero-order chi connectivity index (χ0) is 18.6. The van der Waals surface area contributed by atoms with E-state index in [1.807, 2.05) is 37.3 Å². The molecule has 2 aromatic rings. The summed E-state index contributed by atoms with van der Waals surface area (Å²) in [5.41, 5.74) is 0.934. The molecule has 2 atom stereocenters. The second-order valence-electron chi connectivity index (χ2n) is 7.40. The monoisotopic (exact) mass is 370 g/mol. The molecule has 0 spiro atoms. The first-order valence-corrected chi connectivity index (χ1v) is 9.70. The second kappa shape index (κ2) is 8.19. The molecule has 2 unspecified atom stereocenters. The number of hydrogen-bond donors (Lipinski definition) is 2. The molecule has 0 bridgehead atoms. The second-order valence-corrected chi connectivity index (χ2v) is 7.40. The zero-order valence-corrected chi connectivity index (χ0v) is 15.6. The van der Waals surface area contributed by atoms with Crippen LogP contribution in [0.4, 0.5) is 0 Å². The lowest BCUT2D eigenvalue weighted by atomic mass is 9.90. The van der Waals surface area contributed by atoms with Crippen molar-refractivity contribution in [2.24, 2.45) is 5.92 Å². The number of carbonyl (C=O) groups is 1. The maximum atomic E-state index is 13.0. The Morgan fingerprint density at radius 1 is 1.15 bits per heavy atom. The van der Waals surface area contributed by atoms with Gasteiger partial charge in [0.05, 0.1) is 6.04 Å². The summed E-state index contributed by atoms with van der Waals surface area (Å²) in [4.78, 5) is 17.4. The maximum Gasteiger partial charge on any atom is 0.244 e. The first-order chi connectivity index (χ1) is 13.2. The normalized spacial score (nSPS) is 20.2. The summed E-state index contributed by atoms with van der Waals surface area (Å²) in [6, 6.07) is 9.46. The smallest absolute Gasteiger partial charge is 0.244 e. The molecule has 1 aliphatic heterocycles. The Morgan fingerprint density at radius 3 is 2.52 bits per heavy atom. The van der Waals surface area contributed by atoms with Gasteiger partial charge in [0.25, 0.3) is 0 Å². The van der Waals surface area contributed by atoms with Crippen molar-refractivity contribution in [3.63, 3.8) is 0 Å². The molecule has 0 radical (unpaired) electrons. The minimum atomic E-state index is -0.466. The van der Waals surface area contributed by atoms with Crippen molar-refractivity contribution in [2.75, 3.05) is 13.2 Å². The highest BCUT2D eigenvalue weighted by molar-refractivity contribution is 5.83. The minimum Gasteiger partial charge on any atom is -0.381 e. The fourth-order valence-electron chi connectivity index (χ4n) is 3.56. The molecule has 2 N–H and O–H groups in total. The maximum absolute atomic E-state index is 13.0. The Balaban J connectivity index is 1.61. The first-order valence-electron chi connectivity index (χ1n) is 9.70. The van der Waals surface area contributed by atoms with E-state index in [0.29, 0.717) is 31.0 Å². The molecule has 144 valence electrons. The molecule has 1 aromatic heterocycles. The van der Waals surface area contributed by atoms with Gasteiger partial charge in [0.1, 0.15) is 6.04 Å². The minimum absolute atomic E-state index is 0.00278. The molecule has 1 aromatic carbocycles. The Hall–Kier alpha value is -2.25. The Kier molecular flexibility index (Phi) is 5.50. The summed E-state index contributed by atoms with van der Waals surface area (Å²) in [6.45, 7) is 3.23. The van der Waals surface area contributed by atoms with E-state index < -0.39 is 6.04 Å². The summed E-state index contributed by atoms with van der Waals surface area (Å²) >= 11 is 0. The zero-order valence-electron chi connectivity index (χ0n) is 15.6. The van der Waals surface area contributed by atoms with Crippen molar-refractivity contribution in [1.29, 1.82) is 0 Å². The van der Waals surface area contributed by atoms with Crippen LogP contribution < -0.4 is 10.6 Å². The number of rotatable bonds is 7. The molecular weight excluding hydrogens is 344 g/mol. The number of amides is 1. The van der Waals surface area contributed by atoms with Crippen molar-refractivity contribution in [3.8, 4) is 0 Å². The number of ether oxygens (including phenoxy) is 1. The largest absolute Gasteiger partial charge is 0.381 e. The highest BCUT2D eigenvalue weighted by Crippen LogP contribution is 2.32. The van der Waals surface area contributed by atoms with Gasteiger partial charge in [-0.25, -0.2) is 0 Å². The van der Waals surface area contributed by atoms with Crippen LogP contribution in [0.3, 0.4) is 0 Å². The van der Waals surface area contributed by atoms with Crippen LogP contribution in [0.1, 0.15) is 55.0 Å². The van der Waals surface area contributed by atoms with Crippen LogP contribution in [0.15, 0.2) is 34.9 Å². The number of aromatic nitrogens is 2. The lowest BCUT2D eigenvalue weighted by Crippen LogP contribution is -2.43. The molecule has 1 saturated heterocycles. The molecule has 2 heterocycles. The molecule has 2 fully saturated rings. The third kappa shape index (κ3) is 4.54. The van der Waals surface area contributed by atoms with Gasteiger partial charge in [-0.15, -0.1) is 0 Å². The van der Waals surface area contributed by atoms with Gasteiger partial charge >= 0.3 is 0 Å². The van der Waals surface area contributed by atoms with Gasteiger partial charge in [0.15, 0.2) is 5.82 Å². The van der Waals surface area contributed by atoms with E-state index in [2.05, 4.69) is 20.8 Å². The van der Waals surface area contributed by atoms with Gasteiger partial charge in [-0.1, -0.05) is 35.5 Å². The lowest BCUT2D eigenvalue weighted by molar-refractivity contribution is -0.124. The van der Waals surface area contributed by atoms with E-state index in [-0.39, 0.29) is 17.9 Å². The molecule has 4 rings (SSSR count). The summed E-state index contributed by atoms with van der Waals surface area (Å²) < 4.78 is 11.0. The number of nitrogens with zero attached hydrogens (tertiary/aromatic N) is 2. The standard InChI is InChI=1S/C20H26N4O3/c1-13-21-20(27-24-13)18(15-9-11-26-12-10-15)23-17(14-5-3-2-4-6-14)19(25)22-16-7-8-16/h2-6,15-18,23H,7-12H2,1H3,(H,22,25). The van der Waals surface area contributed by atoms with Crippen molar-refractivity contribution in [1.82, 2.24) is 20.8 Å². The van der Waals surface area contributed by atoms with Gasteiger partial charge in [0, 0.05) is 19.3 Å². The number of hydrogen-bond acceptors (Lipinski definition) is 6. The van der Waals surface area contributed by atoms with Crippen LogP contribution in [0, 0.1) is 12.8 Å². The van der Waals surface area contributed by atoms with Crippen LogP contribution >= 0.6 is 0 Å². The average Bonchev–Trinajstić information content (AvgIpc) is 3.41. The van der Waals surface area contributed by atoms with Gasteiger partial charge in [-0.3, -0.25) is 10.1 Å². The highest BCUT2D eigenvalue weighted by Gasteiger charge is 2.35. The quantitative estimate of drug-likeness (QED) is 0.778. The van der Waals surface area contributed by atoms with Crippen molar-refractivity contribution < 1.29 is 14.1 Å². The Labute approximate surface area is 158 Å². The van der Waals surface area contributed by atoms with Crippen LogP contribution in [0.2, 0.25) is 0 Å². The van der Waals surface area contributed by atoms with Crippen molar-refractivity contribution in [3.05, 3.63) is 47.6 Å². The van der Waals surface area contributed by atoms with E-state index in [1.54, 1.807) is 0 Å². The van der Waals surface area contributed by atoms with Crippen molar-refractivity contribution in [2.45, 2.75) is 50.7 Å². The molecule has 27 heavy (non-hydrogen) atoms. The Morgan fingerprint density at radius 2 is 1.89 bits per heavy atom. The topological polar surface area (TPSA) is 89.3 Å². The van der Waals surface area contributed by atoms with Crippen molar-refractivity contribution >= 4 is 5.91 Å². The van der Waals surface area contributed by atoms with Crippen LogP contribution in [0.5, 0.6) is 0 Å². The molecule has 2 aliphatic rings. The van der Waals surface area contributed by atoms with Gasteiger partial charge in [-0.2, -0.15) is 4.98 Å². The predicted octanol–water partition coefficient (Wildman–Crippen LogP) is 2.46. The molecule has 1 aliphatic carbocycles. The van der Waals surface area contributed by atoms with E-state index in [4.69, 9.17) is 9.26 Å². The van der Waals surface area contributed by atoms with Crippen LogP contribution in [-0.2, 0) is 9.53 Å². The van der Waals surface area contributed by atoms with E-state index >= 15 is 0 Å². The van der Waals surface area contributed by atoms with E-state index in [9.17, 15) is 4.79 Å². The lowest BCUT2D eigenvalue weighted by Gasteiger charge is -2.31. The van der Waals surface area contributed by atoms with Crippen LogP contribution in [0.25, 0.3) is 0 Å². The van der Waals surface area contributed by atoms with E-state index in [0.717, 1.165) is 31.2 Å². The van der Waals surface area contributed by atoms with Gasteiger partial charge in [0.2, 0.25) is 11.8 Å². The SMILES string of the molecule is Cc1noc(C(NC(C(=O)NC2CC2)c2ccccc2)C2CCOCC2)n1. The highest BCUT2D eigenvalue weighted by atomic mass is 16.5.